The van der Waals surface area contributed by atoms with Crippen LogP contribution >= 0.6 is 24.0 Å². The maximum atomic E-state index is 12.3. The lowest BCUT2D eigenvalue weighted by molar-refractivity contribution is 0.0939. The minimum atomic E-state index is -0.0397. The van der Waals surface area contributed by atoms with Crippen LogP contribution in [0.2, 0.25) is 0 Å². The van der Waals surface area contributed by atoms with Crippen molar-refractivity contribution in [1.29, 1.82) is 0 Å². The van der Waals surface area contributed by atoms with Gasteiger partial charge >= 0.3 is 0 Å². The van der Waals surface area contributed by atoms with E-state index in [1.54, 1.807) is 7.05 Å². The van der Waals surface area contributed by atoms with Gasteiger partial charge in [-0.2, -0.15) is 0 Å². The van der Waals surface area contributed by atoms with Gasteiger partial charge in [-0.25, -0.2) is 0 Å². The third kappa shape index (κ3) is 9.47. The molecule has 0 saturated heterocycles. The molecule has 0 aliphatic heterocycles. The second-order valence-electron chi connectivity index (χ2n) is 6.85. The number of para-hydroxylation sites is 1. The van der Waals surface area contributed by atoms with Crippen molar-refractivity contribution in [3.63, 3.8) is 0 Å². The van der Waals surface area contributed by atoms with Crippen molar-refractivity contribution < 1.29 is 9.53 Å². The second-order valence-corrected chi connectivity index (χ2v) is 6.85. The number of rotatable bonds is 10. The number of ether oxygens (including phenoxy) is 1. The number of guanidine groups is 1. The Morgan fingerprint density at radius 2 is 1.87 bits per heavy atom. The van der Waals surface area contributed by atoms with E-state index in [2.05, 4.69) is 27.9 Å². The van der Waals surface area contributed by atoms with Gasteiger partial charge in [-0.05, 0) is 49.6 Å². The zero-order chi connectivity index (χ0) is 20.9. The summed E-state index contributed by atoms with van der Waals surface area (Å²) >= 11 is 0. The van der Waals surface area contributed by atoms with Crippen molar-refractivity contribution in [3.05, 3.63) is 65.7 Å². The van der Waals surface area contributed by atoms with Crippen molar-refractivity contribution in [2.75, 3.05) is 20.2 Å². The Bertz CT molecular complexity index is 784. The Balaban J connectivity index is 0.00000450. The molecule has 0 aromatic heterocycles. The molecule has 30 heavy (non-hydrogen) atoms. The summed E-state index contributed by atoms with van der Waals surface area (Å²) in [6.45, 7) is 6.04. The second kappa shape index (κ2) is 14.7. The van der Waals surface area contributed by atoms with Gasteiger partial charge in [-0.15, -0.1) is 24.0 Å². The molecule has 7 heteroatoms. The molecule has 0 aliphatic rings. The van der Waals surface area contributed by atoms with Crippen LogP contribution < -0.4 is 20.7 Å². The van der Waals surface area contributed by atoms with Gasteiger partial charge in [0, 0.05) is 31.7 Å². The van der Waals surface area contributed by atoms with E-state index in [1.165, 1.54) is 0 Å². The molecular formula is C23H33IN4O2. The van der Waals surface area contributed by atoms with E-state index in [0.717, 1.165) is 36.7 Å². The van der Waals surface area contributed by atoms with Gasteiger partial charge in [0.25, 0.3) is 5.91 Å². The van der Waals surface area contributed by atoms with Crippen LogP contribution in [0.4, 0.5) is 0 Å². The molecule has 0 aliphatic carbocycles. The fourth-order valence-electron chi connectivity index (χ4n) is 2.62. The lowest BCUT2D eigenvalue weighted by Crippen LogP contribution is -2.37. The van der Waals surface area contributed by atoms with Crippen LogP contribution in [0.25, 0.3) is 0 Å². The lowest BCUT2D eigenvalue weighted by Gasteiger charge is -2.14. The molecule has 1 atom stereocenters. The summed E-state index contributed by atoms with van der Waals surface area (Å²) in [5.74, 6) is 1.56. The van der Waals surface area contributed by atoms with E-state index in [0.29, 0.717) is 18.7 Å². The lowest BCUT2D eigenvalue weighted by atomic mass is 10.1. The molecule has 0 spiro atoms. The maximum Gasteiger partial charge on any atom is 0.251 e. The quantitative estimate of drug-likeness (QED) is 0.190. The fraction of sp³-hybridized carbons (Fsp3) is 0.391. The number of hydrogen-bond donors (Lipinski definition) is 3. The normalized spacial score (nSPS) is 11.8. The minimum absolute atomic E-state index is 0. The van der Waals surface area contributed by atoms with Crippen molar-refractivity contribution in [1.82, 2.24) is 16.0 Å². The predicted molar refractivity (Wildman–Crippen MR) is 134 cm³/mol. The SMILES string of the molecule is CCC(C)NC(=O)c1cccc(CNC(=NC)NCCCOc2ccccc2)c1.I. The average molecular weight is 524 g/mol. The summed E-state index contributed by atoms with van der Waals surface area (Å²) < 4.78 is 5.68. The molecule has 164 valence electrons. The van der Waals surface area contributed by atoms with Crippen molar-refractivity contribution >= 4 is 35.8 Å². The van der Waals surface area contributed by atoms with Crippen LogP contribution in [0, 0.1) is 0 Å². The number of nitrogens with zero attached hydrogens (tertiary/aromatic N) is 1. The van der Waals surface area contributed by atoms with Crippen LogP contribution in [-0.4, -0.2) is 38.1 Å². The highest BCUT2D eigenvalue weighted by Crippen LogP contribution is 2.08. The third-order valence-electron chi connectivity index (χ3n) is 4.49. The Morgan fingerprint density at radius 3 is 2.57 bits per heavy atom. The highest BCUT2D eigenvalue weighted by Gasteiger charge is 2.09. The molecule has 0 radical (unpaired) electrons. The summed E-state index contributed by atoms with van der Waals surface area (Å²) in [6, 6.07) is 17.6. The molecule has 6 nitrogen and oxygen atoms in total. The van der Waals surface area contributed by atoms with E-state index in [9.17, 15) is 4.79 Å². The van der Waals surface area contributed by atoms with E-state index in [4.69, 9.17) is 4.74 Å². The van der Waals surface area contributed by atoms with Gasteiger partial charge in [0.2, 0.25) is 0 Å². The van der Waals surface area contributed by atoms with Gasteiger partial charge in [0.05, 0.1) is 6.61 Å². The Morgan fingerprint density at radius 1 is 1.10 bits per heavy atom. The molecular weight excluding hydrogens is 491 g/mol. The van der Waals surface area contributed by atoms with Gasteiger partial charge in [0.1, 0.15) is 5.75 Å². The molecule has 2 aromatic carbocycles. The van der Waals surface area contributed by atoms with Crippen molar-refractivity contribution in [2.45, 2.75) is 39.3 Å². The van der Waals surface area contributed by atoms with E-state index in [1.807, 2.05) is 61.5 Å². The van der Waals surface area contributed by atoms with E-state index >= 15 is 0 Å². The third-order valence-corrected chi connectivity index (χ3v) is 4.49. The maximum absolute atomic E-state index is 12.3. The Kier molecular flexibility index (Phi) is 12.6. The minimum Gasteiger partial charge on any atom is -0.494 e. The largest absolute Gasteiger partial charge is 0.494 e. The number of carbonyl (C=O) groups excluding carboxylic acids is 1. The van der Waals surface area contributed by atoms with Crippen LogP contribution in [0.5, 0.6) is 5.75 Å². The van der Waals surface area contributed by atoms with E-state index in [-0.39, 0.29) is 35.9 Å². The molecule has 0 fully saturated rings. The first kappa shape index (κ1) is 25.7. The molecule has 0 bridgehead atoms. The summed E-state index contributed by atoms with van der Waals surface area (Å²) in [6.07, 6.45) is 1.77. The van der Waals surface area contributed by atoms with Crippen LogP contribution in [0.15, 0.2) is 59.6 Å². The monoisotopic (exact) mass is 524 g/mol. The topological polar surface area (TPSA) is 74.8 Å². The van der Waals surface area contributed by atoms with Crippen LogP contribution in [0.3, 0.4) is 0 Å². The molecule has 2 rings (SSSR count). The zero-order valence-electron chi connectivity index (χ0n) is 18.0. The number of amides is 1. The standard InChI is InChI=1S/C23H32N4O2.HI/c1-4-18(2)27-22(28)20-11-8-10-19(16-20)17-26-23(24-3)25-14-9-15-29-21-12-6-5-7-13-21;/h5-8,10-13,16,18H,4,9,14-15,17H2,1-3H3,(H,27,28)(H2,24,25,26);1H. The smallest absolute Gasteiger partial charge is 0.251 e. The molecule has 1 unspecified atom stereocenters. The number of nitrogens with one attached hydrogen (secondary N) is 3. The average Bonchev–Trinajstić information content (AvgIpc) is 2.76. The molecule has 1 amide bonds. The highest BCUT2D eigenvalue weighted by molar-refractivity contribution is 14.0. The van der Waals surface area contributed by atoms with Crippen molar-refractivity contribution in [2.24, 2.45) is 4.99 Å². The molecule has 2 aromatic rings. The van der Waals surface area contributed by atoms with Crippen molar-refractivity contribution in [3.8, 4) is 5.75 Å². The summed E-state index contributed by atoms with van der Waals surface area (Å²) in [7, 11) is 1.74. The number of aliphatic imine (C=N–C) groups is 1. The van der Waals surface area contributed by atoms with E-state index < -0.39 is 0 Å². The van der Waals surface area contributed by atoms with Gasteiger partial charge in [-0.3, -0.25) is 9.79 Å². The first-order chi connectivity index (χ1) is 14.1. The summed E-state index contributed by atoms with van der Waals surface area (Å²) in [5.41, 5.74) is 1.70. The predicted octanol–water partition coefficient (Wildman–Crippen LogP) is 3.97. The van der Waals surface area contributed by atoms with Gasteiger partial charge in [0.15, 0.2) is 5.96 Å². The molecule has 3 N–H and O–H groups in total. The first-order valence-corrected chi connectivity index (χ1v) is 10.1. The first-order valence-electron chi connectivity index (χ1n) is 10.1. The fourth-order valence-corrected chi connectivity index (χ4v) is 2.62. The highest BCUT2D eigenvalue weighted by atomic mass is 127. The number of benzene rings is 2. The summed E-state index contributed by atoms with van der Waals surface area (Å²) in [4.78, 5) is 16.5. The zero-order valence-corrected chi connectivity index (χ0v) is 20.3. The van der Waals surface area contributed by atoms with Gasteiger partial charge < -0.3 is 20.7 Å². The summed E-state index contributed by atoms with van der Waals surface area (Å²) in [5, 5.41) is 9.55. The molecule has 0 saturated carbocycles. The Hall–Kier alpha value is -2.29. The van der Waals surface area contributed by atoms with Gasteiger partial charge in [-0.1, -0.05) is 37.3 Å². The van der Waals surface area contributed by atoms with Crippen LogP contribution in [0.1, 0.15) is 42.6 Å². The number of carbonyl (C=O) groups is 1. The Labute approximate surface area is 196 Å². The number of halogens is 1. The molecule has 0 heterocycles. The van der Waals surface area contributed by atoms with Crippen LogP contribution in [-0.2, 0) is 6.54 Å². The number of hydrogen-bond acceptors (Lipinski definition) is 3.